The first-order valence-electron chi connectivity index (χ1n) is 13.0. The predicted octanol–water partition coefficient (Wildman–Crippen LogP) is 8.31. The number of esters is 1. The van der Waals surface area contributed by atoms with Crippen molar-refractivity contribution in [1.82, 2.24) is 8.97 Å². The van der Waals surface area contributed by atoms with Crippen LogP contribution in [-0.4, -0.2) is 57.3 Å². The molecule has 0 fully saturated rings. The van der Waals surface area contributed by atoms with Crippen LogP contribution in [0.1, 0.15) is 28.4 Å². The summed E-state index contributed by atoms with van der Waals surface area (Å²) in [5, 5.41) is 0. The fourth-order valence-corrected chi connectivity index (χ4v) is 4.77. The van der Waals surface area contributed by atoms with Crippen LogP contribution in [0.15, 0.2) is 65.6 Å². The van der Waals surface area contributed by atoms with Crippen LogP contribution in [0, 0.1) is 0 Å². The van der Waals surface area contributed by atoms with Crippen molar-refractivity contribution >= 4 is 22.5 Å². The molecule has 0 spiro atoms. The maximum absolute atomic E-state index is 15.9. The van der Waals surface area contributed by atoms with E-state index in [9.17, 15) is 57.9 Å². The molecular formula is C28H17F15N2O3. The quantitative estimate of drug-likeness (QED) is 0.123. The van der Waals surface area contributed by atoms with E-state index in [1.54, 1.807) is 0 Å². The van der Waals surface area contributed by atoms with Crippen molar-refractivity contribution in [3.05, 3.63) is 87.8 Å². The molecular weight excluding hydrogens is 697 g/mol. The fraction of sp³-hybridized carbons (Fsp3) is 0.357. The molecule has 262 valence electrons. The number of carbonyl (C=O) groups excluding carboxylic acids is 1. The zero-order chi connectivity index (χ0) is 36.5. The molecule has 0 aliphatic heterocycles. The van der Waals surface area contributed by atoms with Crippen LogP contribution in [0.5, 0.6) is 0 Å². The largest absolute Gasteiger partial charge is 0.462 e. The molecule has 5 nitrogen and oxygen atoms in total. The average molecular weight is 714 g/mol. The topological polar surface area (TPSA) is 52.7 Å². The van der Waals surface area contributed by atoms with Gasteiger partial charge >= 0.3 is 47.7 Å². The number of alkyl halides is 15. The third-order valence-electron chi connectivity index (χ3n) is 7.21. The monoisotopic (exact) mass is 714 g/mol. The first-order chi connectivity index (χ1) is 21.8. The van der Waals surface area contributed by atoms with E-state index in [2.05, 4.69) is 4.74 Å². The predicted molar refractivity (Wildman–Crippen MR) is 135 cm³/mol. The smallest absolute Gasteiger partial charge is 0.460 e. The van der Waals surface area contributed by atoms with Gasteiger partial charge in [-0.05, 0) is 24.6 Å². The molecule has 0 unspecified atom stereocenters. The van der Waals surface area contributed by atoms with E-state index in [-0.39, 0.29) is 27.2 Å². The Kier molecular flexibility index (Phi) is 8.62. The lowest BCUT2D eigenvalue weighted by atomic mass is 9.88. The van der Waals surface area contributed by atoms with Crippen LogP contribution in [0.4, 0.5) is 65.9 Å². The Labute approximate surface area is 257 Å². The number of nitrogens with zero attached hydrogens (tertiary/aromatic N) is 2. The number of aromatic nitrogens is 2. The van der Waals surface area contributed by atoms with Gasteiger partial charge in [0.1, 0.15) is 5.52 Å². The van der Waals surface area contributed by atoms with Crippen molar-refractivity contribution in [2.24, 2.45) is 0 Å². The Hall–Kier alpha value is -4.39. The van der Waals surface area contributed by atoms with Crippen molar-refractivity contribution < 1.29 is 75.4 Å². The molecule has 0 atom stereocenters. The van der Waals surface area contributed by atoms with Crippen LogP contribution in [0.3, 0.4) is 0 Å². The Morgan fingerprint density at radius 2 is 1.15 bits per heavy atom. The molecule has 48 heavy (non-hydrogen) atoms. The highest BCUT2D eigenvalue weighted by Gasteiger charge is 2.93. The minimum absolute atomic E-state index is 0.170. The number of halogens is 15. The summed E-state index contributed by atoms with van der Waals surface area (Å²) >= 11 is 0. The zero-order valence-corrected chi connectivity index (χ0v) is 23.5. The van der Waals surface area contributed by atoms with Crippen LogP contribution >= 0.6 is 0 Å². The lowest BCUT2D eigenvalue weighted by molar-refractivity contribution is -0.453. The molecule has 2 aromatic heterocycles. The van der Waals surface area contributed by atoms with E-state index in [0.717, 1.165) is 13.0 Å². The Morgan fingerprint density at radius 3 is 1.67 bits per heavy atom. The van der Waals surface area contributed by atoms with E-state index < -0.39 is 83.0 Å². The SMILES string of the molecule is CCOC(=O)c1cn2c(c1C(F)(F)C(F)(F)C(F)(F)C(F)(F)C(F)(F)C(F)(F)C(F)(F)F)c(=O)n(Cc1ccccc1)c1ccccc12. The number of hydrogen-bond acceptors (Lipinski definition) is 3. The fourth-order valence-electron chi connectivity index (χ4n) is 4.77. The molecule has 4 rings (SSSR count). The van der Waals surface area contributed by atoms with Gasteiger partial charge in [0.25, 0.3) is 5.56 Å². The van der Waals surface area contributed by atoms with E-state index >= 15 is 17.6 Å². The molecule has 4 aromatic rings. The number of para-hydroxylation sites is 2. The molecule has 2 heterocycles. The number of ether oxygens (including phenoxy) is 1. The highest BCUT2D eigenvalue weighted by Crippen LogP contribution is 2.64. The van der Waals surface area contributed by atoms with Gasteiger partial charge in [-0.1, -0.05) is 42.5 Å². The minimum atomic E-state index is -8.56. The van der Waals surface area contributed by atoms with Crippen molar-refractivity contribution in [3.8, 4) is 0 Å². The third-order valence-corrected chi connectivity index (χ3v) is 7.21. The molecule has 0 bridgehead atoms. The standard InChI is InChI=1S/C28H17F15N2O3/c1-2-48-21(47)15-13-44-16-10-6-7-11-17(16)45(12-14-8-4-3-5-9-14)20(46)19(44)18(15)22(29,30)23(31,32)24(33,34)25(35,36)26(37,38)27(39,40)28(41,42)43/h3-11,13H,2,12H2,1H3. The second kappa shape index (κ2) is 11.4. The Balaban J connectivity index is 2.10. The minimum Gasteiger partial charge on any atom is -0.462 e. The van der Waals surface area contributed by atoms with Crippen LogP contribution in [0.2, 0.25) is 0 Å². The zero-order valence-electron chi connectivity index (χ0n) is 23.5. The first-order valence-corrected chi connectivity index (χ1v) is 13.0. The molecule has 20 heteroatoms. The summed E-state index contributed by atoms with van der Waals surface area (Å²) in [4.78, 5) is 26.4. The Bertz CT molecular complexity index is 1910. The van der Waals surface area contributed by atoms with E-state index in [0.29, 0.717) is 4.57 Å². The van der Waals surface area contributed by atoms with Gasteiger partial charge < -0.3 is 13.7 Å². The highest BCUT2D eigenvalue weighted by molar-refractivity contribution is 5.96. The normalized spacial score (nSPS) is 14.2. The van der Waals surface area contributed by atoms with Crippen molar-refractivity contribution in [1.29, 1.82) is 0 Å². The lowest BCUT2D eigenvalue weighted by Crippen LogP contribution is -2.72. The van der Waals surface area contributed by atoms with E-state index in [1.807, 2.05) is 0 Å². The van der Waals surface area contributed by atoms with E-state index in [1.165, 1.54) is 48.5 Å². The number of carbonyl (C=O) groups is 1. The van der Waals surface area contributed by atoms with Crippen molar-refractivity contribution in [2.75, 3.05) is 6.61 Å². The van der Waals surface area contributed by atoms with Gasteiger partial charge in [-0.15, -0.1) is 0 Å². The third kappa shape index (κ3) is 4.96. The number of rotatable bonds is 10. The van der Waals surface area contributed by atoms with Gasteiger partial charge in [0, 0.05) is 6.20 Å². The van der Waals surface area contributed by atoms with Crippen LogP contribution in [-0.2, 0) is 17.2 Å². The second-order valence-electron chi connectivity index (χ2n) is 10.2. The average Bonchev–Trinajstić information content (AvgIpc) is 3.41. The lowest BCUT2D eigenvalue weighted by Gasteiger charge is -2.41. The van der Waals surface area contributed by atoms with Gasteiger partial charge in [0.05, 0.1) is 35.3 Å². The van der Waals surface area contributed by atoms with Crippen LogP contribution in [0.25, 0.3) is 16.6 Å². The summed E-state index contributed by atoms with van der Waals surface area (Å²) < 4.78 is 218. The molecule has 0 aliphatic carbocycles. The highest BCUT2D eigenvalue weighted by atomic mass is 19.4. The molecule has 0 saturated carbocycles. The Morgan fingerprint density at radius 1 is 0.667 bits per heavy atom. The molecule has 0 radical (unpaired) electrons. The summed E-state index contributed by atoms with van der Waals surface area (Å²) in [7, 11) is 0. The number of hydrogen-bond donors (Lipinski definition) is 0. The summed E-state index contributed by atoms with van der Waals surface area (Å²) in [6, 6.07) is 11.9. The van der Waals surface area contributed by atoms with Gasteiger partial charge in [-0.2, -0.15) is 65.9 Å². The maximum Gasteiger partial charge on any atom is 0.460 e. The van der Waals surface area contributed by atoms with Gasteiger partial charge in [-0.3, -0.25) is 4.79 Å². The van der Waals surface area contributed by atoms with Crippen LogP contribution < -0.4 is 5.56 Å². The first kappa shape index (κ1) is 36.4. The molecule has 2 aromatic carbocycles. The molecule has 0 saturated heterocycles. The maximum atomic E-state index is 15.9. The van der Waals surface area contributed by atoms with Gasteiger partial charge in [-0.25, -0.2) is 4.79 Å². The van der Waals surface area contributed by atoms with Gasteiger partial charge in [0.15, 0.2) is 0 Å². The van der Waals surface area contributed by atoms with Gasteiger partial charge in [0.2, 0.25) is 0 Å². The molecule has 0 aliphatic rings. The van der Waals surface area contributed by atoms with E-state index in [4.69, 9.17) is 0 Å². The molecule has 0 amide bonds. The summed E-state index contributed by atoms with van der Waals surface area (Å²) in [5.74, 6) is -50.8. The summed E-state index contributed by atoms with van der Waals surface area (Å²) in [5.41, 5.74) is -8.54. The summed E-state index contributed by atoms with van der Waals surface area (Å²) in [6.45, 7) is -0.274. The second-order valence-corrected chi connectivity index (χ2v) is 10.2. The number of fused-ring (bicyclic) bond motifs is 3. The van der Waals surface area contributed by atoms with Crippen molar-refractivity contribution in [3.63, 3.8) is 0 Å². The van der Waals surface area contributed by atoms with Crippen molar-refractivity contribution in [2.45, 2.75) is 55.2 Å². The number of benzene rings is 2. The summed E-state index contributed by atoms with van der Waals surface area (Å²) in [6.07, 6.45) is -7.58. The molecule has 0 N–H and O–H groups in total.